The van der Waals surface area contributed by atoms with Crippen molar-refractivity contribution in [1.29, 1.82) is 0 Å². The first-order chi connectivity index (χ1) is 11.8. The fraction of sp³-hybridized carbons (Fsp3) is 0.368. The fourth-order valence-electron chi connectivity index (χ4n) is 2.45. The van der Waals surface area contributed by atoms with Gasteiger partial charge in [0.25, 0.3) is 0 Å². The minimum absolute atomic E-state index is 0.252. The first kappa shape index (κ1) is 19.8. The van der Waals surface area contributed by atoms with Gasteiger partial charge in [-0.05, 0) is 50.6 Å². The van der Waals surface area contributed by atoms with Crippen LogP contribution in [0.1, 0.15) is 26.3 Å². The van der Waals surface area contributed by atoms with Crippen molar-refractivity contribution >= 4 is 22.7 Å². The third-order valence-corrected chi connectivity index (χ3v) is 6.80. The van der Waals surface area contributed by atoms with Crippen LogP contribution in [0.15, 0.2) is 59.5 Å². The van der Waals surface area contributed by atoms with E-state index in [9.17, 15) is 8.42 Å². The Hall–Kier alpha value is -1.50. The summed E-state index contributed by atoms with van der Waals surface area (Å²) in [6.07, 6.45) is 0. The summed E-state index contributed by atoms with van der Waals surface area (Å²) < 4.78 is 33.4. The van der Waals surface area contributed by atoms with Crippen LogP contribution >= 0.6 is 12.6 Å². The third-order valence-electron chi connectivity index (χ3n) is 3.95. The summed E-state index contributed by atoms with van der Waals surface area (Å²) in [5.41, 5.74) is 0.308. The summed E-state index contributed by atoms with van der Waals surface area (Å²) in [5.74, 6) is 1.07. The molecule has 25 heavy (non-hydrogen) atoms. The highest BCUT2D eigenvalue weighted by Gasteiger charge is 2.36. The number of hydrogen-bond donors (Lipinski definition) is 1. The maximum Gasteiger partial charge on any atom is 0.243 e. The van der Waals surface area contributed by atoms with Gasteiger partial charge >= 0.3 is 0 Å². The van der Waals surface area contributed by atoms with Gasteiger partial charge in [0.15, 0.2) is 0 Å². The van der Waals surface area contributed by atoms with Gasteiger partial charge < -0.3 is 4.74 Å². The van der Waals surface area contributed by atoms with E-state index in [1.54, 1.807) is 24.3 Å². The fourth-order valence-corrected chi connectivity index (χ4v) is 4.49. The molecule has 6 heteroatoms. The Bertz CT molecular complexity index is 772. The van der Waals surface area contributed by atoms with Crippen LogP contribution in [0.4, 0.5) is 0 Å². The van der Waals surface area contributed by atoms with E-state index in [0.29, 0.717) is 24.7 Å². The molecule has 136 valence electrons. The SMILES string of the molecule is CCOc1ccc(S(=O)(=O)N(Cc2ccccc2)C(C)(C)CS)cc1. The quantitative estimate of drug-likeness (QED) is 0.706. The number of ether oxygens (including phenoxy) is 1. The molecular weight excluding hydrogens is 354 g/mol. The maximum absolute atomic E-state index is 13.3. The predicted molar refractivity (Wildman–Crippen MR) is 105 cm³/mol. The van der Waals surface area contributed by atoms with Gasteiger partial charge in [-0.3, -0.25) is 0 Å². The lowest BCUT2D eigenvalue weighted by Gasteiger charge is -2.36. The molecular formula is C19H25NO3S2. The van der Waals surface area contributed by atoms with Gasteiger partial charge in [0.1, 0.15) is 5.75 Å². The highest BCUT2D eigenvalue weighted by molar-refractivity contribution is 7.89. The largest absolute Gasteiger partial charge is 0.494 e. The van der Waals surface area contributed by atoms with Crippen LogP contribution in [-0.2, 0) is 16.6 Å². The van der Waals surface area contributed by atoms with Gasteiger partial charge in [-0.2, -0.15) is 16.9 Å². The van der Waals surface area contributed by atoms with Crippen LogP contribution < -0.4 is 4.74 Å². The molecule has 0 heterocycles. The number of hydrogen-bond acceptors (Lipinski definition) is 4. The Morgan fingerprint density at radius 3 is 2.16 bits per heavy atom. The van der Waals surface area contributed by atoms with Crippen molar-refractivity contribution in [2.24, 2.45) is 0 Å². The molecule has 2 rings (SSSR count). The molecule has 0 fully saturated rings. The van der Waals surface area contributed by atoms with Crippen molar-refractivity contribution in [2.45, 2.75) is 37.8 Å². The number of thiol groups is 1. The predicted octanol–water partition coefficient (Wildman–Crippen LogP) is 3.98. The van der Waals surface area contributed by atoms with Crippen molar-refractivity contribution in [3.63, 3.8) is 0 Å². The lowest BCUT2D eigenvalue weighted by molar-refractivity contribution is 0.248. The van der Waals surface area contributed by atoms with E-state index in [0.717, 1.165) is 5.56 Å². The minimum Gasteiger partial charge on any atom is -0.494 e. The molecule has 0 bridgehead atoms. The second kappa shape index (κ2) is 8.25. The zero-order valence-corrected chi connectivity index (χ0v) is 16.6. The Kier molecular flexibility index (Phi) is 6.54. The van der Waals surface area contributed by atoms with Crippen molar-refractivity contribution < 1.29 is 13.2 Å². The lowest BCUT2D eigenvalue weighted by Crippen LogP contribution is -2.48. The molecule has 4 nitrogen and oxygen atoms in total. The summed E-state index contributed by atoms with van der Waals surface area (Å²) in [4.78, 5) is 0.252. The molecule has 0 unspecified atom stereocenters. The van der Waals surface area contributed by atoms with Crippen LogP contribution in [0.25, 0.3) is 0 Å². The summed E-state index contributed by atoms with van der Waals surface area (Å²) >= 11 is 4.37. The number of benzene rings is 2. The highest BCUT2D eigenvalue weighted by Crippen LogP contribution is 2.29. The van der Waals surface area contributed by atoms with E-state index in [-0.39, 0.29) is 4.90 Å². The Morgan fingerprint density at radius 1 is 1.04 bits per heavy atom. The second-order valence-corrected chi connectivity index (χ2v) is 8.55. The average Bonchev–Trinajstić information content (AvgIpc) is 2.61. The van der Waals surface area contributed by atoms with Crippen LogP contribution in [0, 0.1) is 0 Å². The minimum atomic E-state index is -3.67. The molecule has 0 N–H and O–H groups in total. The number of rotatable bonds is 8. The number of sulfonamides is 1. The van der Waals surface area contributed by atoms with Crippen LogP contribution in [0.2, 0.25) is 0 Å². The molecule has 0 spiro atoms. The molecule has 0 atom stereocenters. The van der Waals surface area contributed by atoms with Gasteiger partial charge in [0, 0.05) is 17.8 Å². The lowest BCUT2D eigenvalue weighted by atomic mass is 10.1. The van der Waals surface area contributed by atoms with Crippen molar-refractivity contribution in [1.82, 2.24) is 4.31 Å². The number of nitrogens with zero attached hydrogens (tertiary/aromatic N) is 1. The highest BCUT2D eigenvalue weighted by atomic mass is 32.2. The first-order valence-corrected chi connectivity index (χ1v) is 10.3. The van der Waals surface area contributed by atoms with E-state index in [4.69, 9.17) is 4.74 Å². The van der Waals surface area contributed by atoms with Gasteiger partial charge in [-0.25, -0.2) is 8.42 Å². The first-order valence-electron chi connectivity index (χ1n) is 8.22. The molecule has 0 aromatic heterocycles. The summed E-state index contributed by atoms with van der Waals surface area (Å²) in [6.45, 7) is 6.49. The van der Waals surface area contributed by atoms with Crippen molar-refractivity contribution in [2.75, 3.05) is 12.4 Å². The maximum atomic E-state index is 13.3. The normalized spacial score (nSPS) is 12.4. The van der Waals surface area contributed by atoms with Gasteiger partial charge in [0.05, 0.1) is 11.5 Å². The second-order valence-electron chi connectivity index (χ2n) is 6.37. The third kappa shape index (κ3) is 4.77. The molecule has 0 radical (unpaired) electrons. The van der Waals surface area contributed by atoms with E-state index >= 15 is 0 Å². The van der Waals surface area contributed by atoms with Gasteiger partial charge in [0.2, 0.25) is 10.0 Å². The van der Waals surface area contributed by atoms with Gasteiger partial charge in [-0.1, -0.05) is 30.3 Å². The molecule has 0 aliphatic heterocycles. The monoisotopic (exact) mass is 379 g/mol. The van der Waals surface area contributed by atoms with Crippen molar-refractivity contribution in [3.8, 4) is 5.75 Å². The zero-order chi connectivity index (χ0) is 18.5. The Balaban J connectivity index is 2.40. The van der Waals surface area contributed by atoms with Gasteiger partial charge in [-0.15, -0.1) is 0 Å². The molecule has 0 amide bonds. The smallest absolute Gasteiger partial charge is 0.243 e. The molecule has 0 aliphatic rings. The average molecular weight is 380 g/mol. The zero-order valence-electron chi connectivity index (χ0n) is 14.8. The van der Waals surface area contributed by atoms with Crippen LogP contribution in [0.3, 0.4) is 0 Å². The topological polar surface area (TPSA) is 46.6 Å². The Labute approximate surface area is 156 Å². The molecule has 0 saturated heterocycles. The summed E-state index contributed by atoms with van der Waals surface area (Å²) in [5, 5.41) is 0. The molecule has 0 saturated carbocycles. The van der Waals surface area contributed by atoms with E-state index < -0.39 is 15.6 Å². The van der Waals surface area contributed by atoms with Crippen LogP contribution in [0.5, 0.6) is 5.75 Å². The molecule has 2 aromatic rings. The van der Waals surface area contributed by atoms with E-state index in [1.807, 2.05) is 51.1 Å². The molecule has 0 aliphatic carbocycles. The van der Waals surface area contributed by atoms with Crippen LogP contribution in [-0.4, -0.2) is 30.6 Å². The standard InChI is InChI=1S/C19H25NO3S2/c1-4-23-17-10-12-18(13-11-17)25(21,22)20(19(2,3)15-24)14-16-8-6-5-7-9-16/h5-13,24H,4,14-15H2,1-3H3. The molecule has 2 aromatic carbocycles. The summed E-state index contributed by atoms with van der Waals surface area (Å²) in [6, 6.07) is 16.1. The van der Waals surface area contributed by atoms with E-state index in [1.165, 1.54) is 4.31 Å². The van der Waals surface area contributed by atoms with Crippen molar-refractivity contribution in [3.05, 3.63) is 60.2 Å². The summed E-state index contributed by atoms with van der Waals surface area (Å²) in [7, 11) is -3.67. The van der Waals surface area contributed by atoms with E-state index in [2.05, 4.69) is 12.6 Å². The Morgan fingerprint density at radius 2 is 1.64 bits per heavy atom.